The van der Waals surface area contributed by atoms with Gasteiger partial charge < -0.3 is 9.88 Å². The van der Waals surface area contributed by atoms with Crippen LogP contribution in [0.2, 0.25) is 5.02 Å². The van der Waals surface area contributed by atoms with Crippen LogP contribution in [0, 0.1) is 5.92 Å². The molecule has 2 heterocycles. The lowest BCUT2D eigenvalue weighted by molar-refractivity contribution is -0.133. The number of hydrogen-bond donors (Lipinski definition) is 1. The molecule has 2 aromatic rings. The van der Waals surface area contributed by atoms with Crippen LogP contribution in [0.25, 0.3) is 10.9 Å². The van der Waals surface area contributed by atoms with Crippen LogP contribution in [0.4, 0.5) is 0 Å². The molecule has 98 valence electrons. The van der Waals surface area contributed by atoms with Crippen LogP contribution in [0.3, 0.4) is 0 Å². The molecule has 19 heavy (non-hydrogen) atoms. The summed E-state index contributed by atoms with van der Waals surface area (Å²) >= 11 is 6.08. The molecule has 1 saturated carbocycles. The van der Waals surface area contributed by atoms with Crippen LogP contribution < -0.4 is 0 Å². The number of aromatic nitrogens is 1. The Morgan fingerprint density at radius 1 is 1.37 bits per heavy atom. The molecule has 1 aliphatic heterocycles. The van der Waals surface area contributed by atoms with E-state index in [0.717, 1.165) is 48.3 Å². The number of amides is 1. The lowest BCUT2D eigenvalue weighted by Crippen LogP contribution is -2.36. The molecule has 2 aliphatic rings. The maximum Gasteiger partial charge on any atom is 0.225 e. The Balaban J connectivity index is 1.74. The number of rotatable bonds is 1. The summed E-state index contributed by atoms with van der Waals surface area (Å²) in [6.45, 7) is 1.56. The number of carbonyl (C=O) groups excluding carboxylic acids is 1. The first-order chi connectivity index (χ1) is 9.22. The molecular formula is C15H15ClN2O. The van der Waals surface area contributed by atoms with Crippen molar-refractivity contribution in [3.63, 3.8) is 0 Å². The van der Waals surface area contributed by atoms with Crippen molar-refractivity contribution in [2.45, 2.75) is 25.8 Å². The first-order valence-electron chi connectivity index (χ1n) is 6.80. The van der Waals surface area contributed by atoms with E-state index in [1.54, 1.807) is 0 Å². The summed E-state index contributed by atoms with van der Waals surface area (Å²) in [5.41, 5.74) is 3.63. The van der Waals surface area contributed by atoms with Crippen LogP contribution >= 0.6 is 11.6 Å². The number of aromatic amines is 1. The SMILES string of the molecule is O=C(C1CC1)N1CCc2[nH]c3ccc(Cl)cc3c2C1. The minimum atomic E-state index is 0.301. The maximum atomic E-state index is 12.2. The number of benzene rings is 1. The third-order valence-corrected chi connectivity index (χ3v) is 4.41. The monoisotopic (exact) mass is 274 g/mol. The van der Waals surface area contributed by atoms with Gasteiger partial charge in [0, 0.05) is 52.6 Å². The minimum absolute atomic E-state index is 0.301. The van der Waals surface area contributed by atoms with E-state index in [1.807, 2.05) is 23.1 Å². The standard InChI is InChI=1S/C15H15ClN2O/c16-10-3-4-13-11(7-10)12-8-18(6-5-14(12)17-13)15(19)9-1-2-9/h3-4,7,9,17H,1-2,5-6,8H2. The molecule has 4 heteroatoms. The number of nitrogens with zero attached hydrogens (tertiary/aromatic N) is 1. The lowest BCUT2D eigenvalue weighted by atomic mass is 10.0. The van der Waals surface area contributed by atoms with Gasteiger partial charge in [0.25, 0.3) is 0 Å². The molecular weight excluding hydrogens is 260 g/mol. The molecule has 0 spiro atoms. The van der Waals surface area contributed by atoms with E-state index in [0.29, 0.717) is 11.8 Å². The zero-order valence-corrected chi connectivity index (χ0v) is 11.3. The average Bonchev–Trinajstić information content (AvgIpc) is 3.20. The Morgan fingerprint density at radius 3 is 3.00 bits per heavy atom. The molecule has 1 aromatic heterocycles. The second kappa shape index (κ2) is 4.01. The number of H-pyrrole nitrogens is 1. The zero-order chi connectivity index (χ0) is 13.0. The second-order valence-corrected chi connectivity index (χ2v) is 5.99. The summed E-state index contributed by atoms with van der Waals surface area (Å²) in [5.74, 6) is 0.636. The van der Waals surface area contributed by atoms with Gasteiger partial charge >= 0.3 is 0 Å². The topological polar surface area (TPSA) is 36.1 Å². The minimum Gasteiger partial charge on any atom is -0.358 e. The molecule has 4 rings (SSSR count). The summed E-state index contributed by atoms with van der Waals surface area (Å²) < 4.78 is 0. The molecule has 0 atom stereocenters. The van der Waals surface area contributed by atoms with E-state index < -0.39 is 0 Å². The fourth-order valence-electron chi connectivity index (χ4n) is 2.96. The lowest BCUT2D eigenvalue weighted by Gasteiger charge is -2.27. The highest BCUT2D eigenvalue weighted by Gasteiger charge is 2.35. The molecule has 1 aliphatic carbocycles. The Hall–Kier alpha value is -1.48. The summed E-state index contributed by atoms with van der Waals surface area (Å²) in [6.07, 6.45) is 3.06. The van der Waals surface area contributed by atoms with Gasteiger partial charge in [-0.15, -0.1) is 0 Å². The summed E-state index contributed by atoms with van der Waals surface area (Å²) in [6, 6.07) is 5.92. The quantitative estimate of drug-likeness (QED) is 0.852. The fraction of sp³-hybridized carbons (Fsp3) is 0.400. The van der Waals surface area contributed by atoms with Gasteiger partial charge in [0.05, 0.1) is 0 Å². The summed E-state index contributed by atoms with van der Waals surface area (Å²) in [5, 5.41) is 1.91. The van der Waals surface area contributed by atoms with Crippen LogP contribution in [0.15, 0.2) is 18.2 Å². The van der Waals surface area contributed by atoms with Gasteiger partial charge in [0.15, 0.2) is 0 Å². The fourth-order valence-corrected chi connectivity index (χ4v) is 3.14. The zero-order valence-electron chi connectivity index (χ0n) is 10.6. The third kappa shape index (κ3) is 1.84. The number of fused-ring (bicyclic) bond motifs is 3. The Kier molecular flexibility index (Phi) is 2.39. The van der Waals surface area contributed by atoms with Crippen molar-refractivity contribution in [2.75, 3.05) is 6.54 Å². The van der Waals surface area contributed by atoms with Gasteiger partial charge in [-0.25, -0.2) is 0 Å². The normalized spacial score (nSPS) is 18.7. The van der Waals surface area contributed by atoms with Crippen LogP contribution in [0.1, 0.15) is 24.1 Å². The largest absolute Gasteiger partial charge is 0.358 e. The van der Waals surface area contributed by atoms with Crippen LogP contribution in [0.5, 0.6) is 0 Å². The predicted molar refractivity (Wildman–Crippen MR) is 75.2 cm³/mol. The van der Waals surface area contributed by atoms with E-state index in [-0.39, 0.29) is 0 Å². The molecule has 0 unspecified atom stereocenters. The van der Waals surface area contributed by atoms with Gasteiger partial charge in [0.1, 0.15) is 0 Å². The van der Waals surface area contributed by atoms with E-state index in [4.69, 9.17) is 11.6 Å². The van der Waals surface area contributed by atoms with Gasteiger partial charge in [-0.1, -0.05) is 11.6 Å². The molecule has 1 N–H and O–H groups in total. The van der Waals surface area contributed by atoms with E-state index >= 15 is 0 Å². The summed E-state index contributed by atoms with van der Waals surface area (Å²) in [4.78, 5) is 17.6. The molecule has 0 saturated heterocycles. The highest BCUT2D eigenvalue weighted by atomic mass is 35.5. The molecule has 1 amide bonds. The Bertz CT molecular complexity index is 672. The van der Waals surface area contributed by atoms with Crippen LogP contribution in [-0.2, 0) is 17.8 Å². The van der Waals surface area contributed by atoms with Crippen molar-refractivity contribution in [1.29, 1.82) is 0 Å². The molecule has 0 radical (unpaired) electrons. The van der Waals surface area contributed by atoms with E-state index in [9.17, 15) is 4.79 Å². The van der Waals surface area contributed by atoms with Crippen molar-refractivity contribution in [3.8, 4) is 0 Å². The third-order valence-electron chi connectivity index (χ3n) is 4.18. The summed E-state index contributed by atoms with van der Waals surface area (Å²) in [7, 11) is 0. The number of nitrogens with one attached hydrogen (secondary N) is 1. The van der Waals surface area contributed by atoms with E-state index in [1.165, 1.54) is 11.3 Å². The highest BCUT2D eigenvalue weighted by molar-refractivity contribution is 6.31. The Labute approximate surface area is 116 Å². The van der Waals surface area contributed by atoms with Crippen molar-refractivity contribution < 1.29 is 4.79 Å². The van der Waals surface area contributed by atoms with Crippen molar-refractivity contribution in [2.24, 2.45) is 5.92 Å². The van der Waals surface area contributed by atoms with Crippen molar-refractivity contribution in [3.05, 3.63) is 34.5 Å². The molecule has 0 bridgehead atoms. The van der Waals surface area contributed by atoms with Gasteiger partial charge in [0.2, 0.25) is 5.91 Å². The van der Waals surface area contributed by atoms with Crippen LogP contribution in [-0.4, -0.2) is 22.3 Å². The predicted octanol–water partition coefficient (Wildman–Crippen LogP) is 3.12. The van der Waals surface area contributed by atoms with Crippen molar-refractivity contribution >= 4 is 28.4 Å². The number of hydrogen-bond acceptors (Lipinski definition) is 1. The smallest absolute Gasteiger partial charge is 0.225 e. The van der Waals surface area contributed by atoms with Gasteiger partial charge in [-0.05, 0) is 31.0 Å². The Morgan fingerprint density at radius 2 is 2.21 bits per heavy atom. The van der Waals surface area contributed by atoms with Crippen molar-refractivity contribution in [1.82, 2.24) is 9.88 Å². The maximum absolute atomic E-state index is 12.2. The molecule has 3 nitrogen and oxygen atoms in total. The number of halogens is 1. The highest BCUT2D eigenvalue weighted by Crippen LogP contribution is 2.34. The first kappa shape index (κ1) is 11.4. The van der Waals surface area contributed by atoms with E-state index in [2.05, 4.69) is 4.98 Å². The number of carbonyl (C=O) groups is 1. The van der Waals surface area contributed by atoms with Gasteiger partial charge in [-0.3, -0.25) is 4.79 Å². The van der Waals surface area contributed by atoms with Gasteiger partial charge in [-0.2, -0.15) is 0 Å². The molecule has 1 fully saturated rings. The average molecular weight is 275 g/mol. The second-order valence-electron chi connectivity index (χ2n) is 5.56. The molecule has 1 aromatic carbocycles. The first-order valence-corrected chi connectivity index (χ1v) is 7.18.